The maximum atomic E-state index is 12.6. The van der Waals surface area contributed by atoms with E-state index in [1.165, 1.54) is 13.3 Å². The van der Waals surface area contributed by atoms with Gasteiger partial charge in [0.1, 0.15) is 12.0 Å². The van der Waals surface area contributed by atoms with Crippen LogP contribution in [0.25, 0.3) is 11.0 Å². The van der Waals surface area contributed by atoms with Gasteiger partial charge in [-0.15, -0.1) is 0 Å². The average molecular weight is 295 g/mol. The Balaban J connectivity index is 1.97. The molecule has 1 N–H and O–H groups in total. The minimum absolute atomic E-state index is 0.160. The van der Waals surface area contributed by atoms with Crippen LogP contribution in [-0.4, -0.2) is 31.4 Å². The highest BCUT2D eigenvalue weighted by atomic mass is 16.1. The maximum absolute atomic E-state index is 12.6. The average Bonchev–Trinajstić information content (AvgIpc) is 2.88. The number of fused-ring (bicyclic) bond motifs is 1. The molecule has 0 bridgehead atoms. The van der Waals surface area contributed by atoms with Gasteiger partial charge in [0.25, 0.3) is 0 Å². The third-order valence-electron chi connectivity index (χ3n) is 3.21. The molecule has 0 fully saturated rings. The van der Waals surface area contributed by atoms with Crippen LogP contribution in [0, 0.1) is 0 Å². The van der Waals surface area contributed by atoms with E-state index in [1.807, 2.05) is 0 Å². The van der Waals surface area contributed by atoms with Gasteiger partial charge in [-0.25, -0.2) is 9.97 Å². The van der Waals surface area contributed by atoms with Crippen LogP contribution in [0.3, 0.4) is 0 Å². The van der Waals surface area contributed by atoms with Crippen LogP contribution in [-0.2, 0) is 11.8 Å². The molecule has 0 spiro atoms. The number of hydrogen-bond acceptors (Lipinski definition) is 5. The van der Waals surface area contributed by atoms with Crippen LogP contribution in [0.2, 0.25) is 0 Å². The van der Waals surface area contributed by atoms with Crippen molar-refractivity contribution in [1.82, 2.24) is 19.7 Å². The highest BCUT2D eigenvalue weighted by Gasteiger charge is 2.16. The zero-order valence-corrected chi connectivity index (χ0v) is 12.1. The van der Waals surface area contributed by atoms with Gasteiger partial charge in [-0.1, -0.05) is 0 Å². The zero-order valence-electron chi connectivity index (χ0n) is 12.1. The first-order chi connectivity index (χ1) is 10.6. The number of ketones is 1. The molecule has 7 nitrogen and oxygen atoms in total. The smallest absolute Gasteiger partial charge is 0.221 e. The van der Waals surface area contributed by atoms with Crippen LogP contribution in [0.15, 0.2) is 36.8 Å². The lowest BCUT2D eigenvalue weighted by Gasteiger charge is -2.04. The SMILES string of the molecule is CC(=O)Nc1ccc(C(=O)c2ncnc3c2cnn3C)cc1. The van der Waals surface area contributed by atoms with E-state index in [0.717, 1.165) is 0 Å². The summed E-state index contributed by atoms with van der Waals surface area (Å²) in [6.45, 7) is 1.43. The number of nitrogens with zero attached hydrogens (tertiary/aromatic N) is 4. The Labute approximate surface area is 126 Å². The minimum atomic E-state index is -0.213. The van der Waals surface area contributed by atoms with Gasteiger partial charge in [0.2, 0.25) is 11.7 Å². The quantitative estimate of drug-likeness (QED) is 0.740. The molecule has 3 rings (SSSR count). The lowest BCUT2D eigenvalue weighted by atomic mass is 10.1. The van der Waals surface area contributed by atoms with Crippen molar-refractivity contribution in [3.8, 4) is 0 Å². The standard InChI is InChI=1S/C15H13N5O2/c1-9(21)19-11-5-3-10(4-6-11)14(22)13-12-7-18-20(2)15(12)17-8-16-13/h3-8H,1-2H3,(H,19,21). The highest BCUT2D eigenvalue weighted by molar-refractivity contribution is 6.14. The molecule has 0 radical (unpaired) electrons. The topological polar surface area (TPSA) is 89.8 Å². The normalized spacial score (nSPS) is 10.6. The summed E-state index contributed by atoms with van der Waals surface area (Å²) in [6.07, 6.45) is 2.93. The largest absolute Gasteiger partial charge is 0.326 e. The summed E-state index contributed by atoms with van der Waals surface area (Å²) in [4.78, 5) is 31.8. The van der Waals surface area contributed by atoms with Crippen LogP contribution >= 0.6 is 0 Å². The van der Waals surface area contributed by atoms with Crippen molar-refractivity contribution in [3.05, 3.63) is 48.0 Å². The molecule has 0 atom stereocenters. The van der Waals surface area contributed by atoms with Crippen LogP contribution in [0.5, 0.6) is 0 Å². The first kappa shape index (κ1) is 13.9. The molecule has 1 aromatic carbocycles. The summed E-state index contributed by atoms with van der Waals surface area (Å²) in [5.41, 5.74) is 2.04. The number of aromatic nitrogens is 4. The molecule has 0 unspecified atom stereocenters. The number of aryl methyl sites for hydroxylation is 1. The fraction of sp³-hybridized carbons (Fsp3) is 0.133. The van der Waals surface area contributed by atoms with Crippen molar-refractivity contribution >= 4 is 28.4 Å². The Kier molecular flexibility index (Phi) is 3.38. The van der Waals surface area contributed by atoms with E-state index < -0.39 is 0 Å². The Morgan fingerprint density at radius 2 is 1.86 bits per heavy atom. The molecular weight excluding hydrogens is 282 g/mol. The molecule has 1 amide bonds. The van der Waals surface area contributed by atoms with Gasteiger partial charge >= 0.3 is 0 Å². The number of amides is 1. The highest BCUT2D eigenvalue weighted by Crippen LogP contribution is 2.18. The third kappa shape index (κ3) is 2.44. The number of carbonyl (C=O) groups is 2. The second-order valence-corrected chi connectivity index (χ2v) is 4.82. The number of rotatable bonds is 3. The van der Waals surface area contributed by atoms with Gasteiger partial charge in [0.15, 0.2) is 5.65 Å². The van der Waals surface area contributed by atoms with Crippen molar-refractivity contribution in [2.24, 2.45) is 7.05 Å². The summed E-state index contributed by atoms with van der Waals surface area (Å²) in [6, 6.07) is 6.66. The second-order valence-electron chi connectivity index (χ2n) is 4.82. The molecule has 110 valence electrons. The summed E-state index contributed by atoms with van der Waals surface area (Å²) < 4.78 is 1.59. The van der Waals surface area contributed by atoms with Gasteiger partial charge in [-0.3, -0.25) is 14.3 Å². The lowest BCUT2D eigenvalue weighted by Crippen LogP contribution is -2.08. The summed E-state index contributed by atoms with van der Waals surface area (Å²) in [5, 5.41) is 7.36. The molecule has 0 saturated heterocycles. The van der Waals surface area contributed by atoms with Crippen LogP contribution < -0.4 is 5.32 Å². The van der Waals surface area contributed by atoms with E-state index in [-0.39, 0.29) is 11.7 Å². The van der Waals surface area contributed by atoms with E-state index in [1.54, 1.807) is 42.2 Å². The Morgan fingerprint density at radius 3 is 2.55 bits per heavy atom. The van der Waals surface area contributed by atoms with Crippen molar-refractivity contribution in [3.63, 3.8) is 0 Å². The number of nitrogens with one attached hydrogen (secondary N) is 1. The van der Waals surface area contributed by atoms with Crippen LogP contribution in [0.4, 0.5) is 5.69 Å². The Hall–Kier alpha value is -3.09. The third-order valence-corrected chi connectivity index (χ3v) is 3.21. The van der Waals surface area contributed by atoms with E-state index in [0.29, 0.717) is 28.0 Å². The molecule has 2 aromatic heterocycles. The van der Waals surface area contributed by atoms with E-state index in [4.69, 9.17) is 0 Å². The Bertz CT molecular complexity index is 867. The first-order valence-corrected chi connectivity index (χ1v) is 6.61. The molecule has 0 saturated carbocycles. The number of hydrogen-bond donors (Lipinski definition) is 1. The second kappa shape index (κ2) is 5.36. The summed E-state index contributed by atoms with van der Waals surface area (Å²) >= 11 is 0. The number of benzene rings is 1. The monoisotopic (exact) mass is 295 g/mol. The molecule has 2 heterocycles. The van der Waals surface area contributed by atoms with Gasteiger partial charge < -0.3 is 5.32 Å². The van der Waals surface area contributed by atoms with Crippen LogP contribution in [0.1, 0.15) is 23.0 Å². The molecule has 7 heteroatoms. The predicted octanol–water partition coefficient (Wildman–Crippen LogP) is 1.55. The Morgan fingerprint density at radius 1 is 1.14 bits per heavy atom. The first-order valence-electron chi connectivity index (χ1n) is 6.61. The maximum Gasteiger partial charge on any atom is 0.221 e. The van der Waals surface area contributed by atoms with Crippen molar-refractivity contribution in [2.45, 2.75) is 6.92 Å². The zero-order chi connectivity index (χ0) is 15.7. The predicted molar refractivity (Wildman–Crippen MR) is 80.5 cm³/mol. The van der Waals surface area contributed by atoms with Gasteiger partial charge in [0.05, 0.1) is 11.6 Å². The minimum Gasteiger partial charge on any atom is -0.326 e. The number of anilines is 1. The molecule has 3 aromatic rings. The molecule has 22 heavy (non-hydrogen) atoms. The van der Waals surface area contributed by atoms with Gasteiger partial charge in [0, 0.05) is 25.2 Å². The number of carbonyl (C=O) groups excluding carboxylic acids is 2. The van der Waals surface area contributed by atoms with E-state index in [9.17, 15) is 9.59 Å². The molecule has 0 aliphatic heterocycles. The van der Waals surface area contributed by atoms with E-state index in [2.05, 4.69) is 20.4 Å². The summed E-state index contributed by atoms with van der Waals surface area (Å²) in [7, 11) is 1.76. The summed E-state index contributed by atoms with van der Waals surface area (Å²) in [5.74, 6) is -0.373. The van der Waals surface area contributed by atoms with Crippen molar-refractivity contribution in [2.75, 3.05) is 5.32 Å². The molecule has 0 aliphatic carbocycles. The van der Waals surface area contributed by atoms with Gasteiger partial charge in [-0.2, -0.15) is 5.10 Å². The van der Waals surface area contributed by atoms with Crippen molar-refractivity contribution < 1.29 is 9.59 Å². The lowest BCUT2D eigenvalue weighted by molar-refractivity contribution is -0.114. The van der Waals surface area contributed by atoms with E-state index >= 15 is 0 Å². The molecule has 0 aliphatic rings. The fourth-order valence-corrected chi connectivity index (χ4v) is 2.19. The van der Waals surface area contributed by atoms with Gasteiger partial charge in [-0.05, 0) is 24.3 Å². The molecular formula is C15H13N5O2. The fourth-order valence-electron chi connectivity index (χ4n) is 2.19. The van der Waals surface area contributed by atoms with Crippen molar-refractivity contribution in [1.29, 1.82) is 0 Å².